The van der Waals surface area contributed by atoms with Crippen LogP contribution in [0.1, 0.15) is 16.7 Å². The Morgan fingerprint density at radius 1 is 1.44 bits per heavy atom. The molecule has 0 saturated carbocycles. The van der Waals surface area contributed by atoms with E-state index in [-0.39, 0.29) is 11.8 Å². The van der Waals surface area contributed by atoms with E-state index in [1.807, 2.05) is 19.9 Å². The number of alkyl halides is 1. The second-order valence-corrected chi connectivity index (χ2v) is 3.94. The molecule has 0 bridgehead atoms. The standard InChI is InChI=1S/C12H16ClNO2/c1-8-4-9(2)10(11(5-8)16-3)7-14-12(15)6-13/h4-5H,6-7H2,1-3H3,(H,14,15). The summed E-state index contributed by atoms with van der Waals surface area (Å²) >= 11 is 5.41. The van der Waals surface area contributed by atoms with Gasteiger partial charge in [-0.1, -0.05) is 6.07 Å². The Morgan fingerprint density at radius 3 is 2.69 bits per heavy atom. The second-order valence-electron chi connectivity index (χ2n) is 3.67. The molecule has 3 nitrogen and oxygen atoms in total. The zero-order valence-electron chi connectivity index (χ0n) is 9.76. The number of nitrogens with one attached hydrogen (secondary N) is 1. The molecule has 0 atom stereocenters. The predicted molar refractivity (Wildman–Crippen MR) is 65.0 cm³/mol. The quantitative estimate of drug-likeness (QED) is 0.821. The summed E-state index contributed by atoms with van der Waals surface area (Å²) in [7, 11) is 1.63. The molecule has 0 spiro atoms. The molecule has 0 unspecified atom stereocenters. The van der Waals surface area contributed by atoms with Crippen molar-refractivity contribution in [2.24, 2.45) is 0 Å². The van der Waals surface area contributed by atoms with Crippen LogP contribution >= 0.6 is 11.6 Å². The Balaban J connectivity index is 2.89. The third kappa shape index (κ3) is 3.14. The number of carbonyl (C=O) groups is 1. The lowest BCUT2D eigenvalue weighted by Crippen LogP contribution is -2.24. The van der Waals surface area contributed by atoms with Crippen LogP contribution in [0.3, 0.4) is 0 Å². The first-order valence-electron chi connectivity index (χ1n) is 5.05. The van der Waals surface area contributed by atoms with Gasteiger partial charge in [0.15, 0.2) is 0 Å². The highest BCUT2D eigenvalue weighted by Gasteiger charge is 2.08. The van der Waals surface area contributed by atoms with Gasteiger partial charge in [-0.3, -0.25) is 4.79 Å². The number of amides is 1. The first kappa shape index (κ1) is 12.8. The summed E-state index contributed by atoms with van der Waals surface area (Å²) in [5.41, 5.74) is 3.24. The number of carbonyl (C=O) groups excluding carboxylic acids is 1. The topological polar surface area (TPSA) is 38.3 Å². The number of hydrogen-bond donors (Lipinski definition) is 1. The molecule has 16 heavy (non-hydrogen) atoms. The number of aryl methyl sites for hydroxylation is 2. The smallest absolute Gasteiger partial charge is 0.235 e. The zero-order chi connectivity index (χ0) is 12.1. The van der Waals surface area contributed by atoms with Crippen molar-refractivity contribution in [3.63, 3.8) is 0 Å². The number of ether oxygens (including phenoxy) is 1. The molecule has 0 aliphatic carbocycles. The molecular weight excluding hydrogens is 226 g/mol. The van der Waals surface area contributed by atoms with Gasteiger partial charge in [0, 0.05) is 12.1 Å². The Hall–Kier alpha value is -1.22. The van der Waals surface area contributed by atoms with E-state index in [9.17, 15) is 4.79 Å². The molecule has 1 aromatic rings. The van der Waals surface area contributed by atoms with Gasteiger partial charge in [-0.15, -0.1) is 11.6 Å². The molecule has 0 aliphatic rings. The van der Waals surface area contributed by atoms with Crippen molar-refractivity contribution in [3.05, 3.63) is 28.8 Å². The lowest BCUT2D eigenvalue weighted by molar-refractivity contribution is -0.118. The molecule has 1 amide bonds. The van der Waals surface area contributed by atoms with Crippen molar-refractivity contribution in [3.8, 4) is 5.75 Å². The third-order valence-electron chi connectivity index (χ3n) is 2.38. The van der Waals surface area contributed by atoms with Crippen LogP contribution in [-0.2, 0) is 11.3 Å². The fourth-order valence-corrected chi connectivity index (χ4v) is 1.70. The minimum atomic E-state index is -0.177. The maximum absolute atomic E-state index is 11.1. The van der Waals surface area contributed by atoms with E-state index >= 15 is 0 Å². The maximum atomic E-state index is 11.1. The van der Waals surface area contributed by atoms with E-state index in [0.717, 1.165) is 22.4 Å². The Labute approximate surface area is 101 Å². The van der Waals surface area contributed by atoms with E-state index in [4.69, 9.17) is 16.3 Å². The minimum Gasteiger partial charge on any atom is -0.496 e. The SMILES string of the molecule is COc1cc(C)cc(C)c1CNC(=O)CCl. The van der Waals surface area contributed by atoms with Crippen molar-refractivity contribution in [2.45, 2.75) is 20.4 Å². The van der Waals surface area contributed by atoms with Crippen molar-refractivity contribution in [2.75, 3.05) is 13.0 Å². The molecular formula is C12H16ClNO2. The maximum Gasteiger partial charge on any atom is 0.235 e. The molecule has 0 aliphatic heterocycles. The monoisotopic (exact) mass is 241 g/mol. The van der Waals surface area contributed by atoms with Gasteiger partial charge in [-0.05, 0) is 31.0 Å². The summed E-state index contributed by atoms with van der Waals surface area (Å²) in [6.45, 7) is 4.45. The van der Waals surface area contributed by atoms with E-state index < -0.39 is 0 Å². The van der Waals surface area contributed by atoms with Crippen LogP contribution in [0.25, 0.3) is 0 Å². The first-order valence-corrected chi connectivity index (χ1v) is 5.58. The molecule has 4 heteroatoms. The van der Waals surface area contributed by atoms with Gasteiger partial charge in [0.25, 0.3) is 0 Å². The number of halogens is 1. The first-order chi connectivity index (χ1) is 7.58. The van der Waals surface area contributed by atoms with E-state index in [2.05, 4.69) is 11.4 Å². The lowest BCUT2D eigenvalue weighted by atomic mass is 10.0. The van der Waals surface area contributed by atoms with Crippen LogP contribution in [0.5, 0.6) is 5.75 Å². The zero-order valence-corrected chi connectivity index (χ0v) is 10.5. The molecule has 1 aromatic carbocycles. The Kier molecular flexibility index (Phi) is 4.62. The average molecular weight is 242 g/mol. The van der Waals surface area contributed by atoms with Gasteiger partial charge < -0.3 is 10.1 Å². The van der Waals surface area contributed by atoms with Crippen molar-refractivity contribution in [1.82, 2.24) is 5.32 Å². The van der Waals surface area contributed by atoms with Crippen LogP contribution in [0.15, 0.2) is 12.1 Å². The molecule has 0 saturated heterocycles. The van der Waals surface area contributed by atoms with E-state index in [1.165, 1.54) is 0 Å². The Bertz CT molecular complexity index is 391. The highest BCUT2D eigenvalue weighted by atomic mass is 35.5. The van der Waals surface area contributed by atoms with Crippen LogP contribution in [-0.4, -0.2) is 18.9 Å². The molecule has 1 N–H and O–H groups in total. The van der Waals surface area contributed by atoms with Crippen LogP contribution in [0.2, 0.25) is 0 Å². The largest absolute Gasteiger partial charge is 0.496 e. The van der Waals surface area contributed by atoms with Gasteiger partial charge in [-0.25, -0.2) is 0 Å². The molecule has 88 valence electrons. The third-order valence-corrected chi connectivity index (χ3v) is 2.62. The summed E-state index contributed by atoms with van der Waals surface area (Å²) in [6.07, 6.45) is 0. The Morgan fingerprint density at radius 2 is 2.12 bits per heavy atom. The fraction of sp³-hybridized carbons (Fsp3) is 0.417. The van der Waals surface area contributed by atoms with Crippen LogP contribution < -0.4 is 10.1 Å². The summed E-state index contributed by atoms with van der Waals surface area (Å²) in [6, 6.07) is 4.01. The van der Waals surface area contributed by atoms with E-state index in [0.29, 0.717) is 6.54 Å². The second kappa shape index (κ2) is 5.75. The molecule has 0 fully saturated rings. The normalized spacial score (nSPS) is 10.0. The van der Waals surface area contributed by atoms with Crippen LogP contribution in [0, 0.1) is 13.8 Å². The predicted octanol–water partition coefficient (Wildman–Crippen LogP) is 2.17. The minimum absolute atomic E-state index is 0.0206. The van der Waals surface area contributed by atoms with Crippen molar-refractivity contribution >= 4 is 17.5 Å². The highest BCUT2D eigenvalue weighted by molar-refractivity contribution is 6.27. The number of methoxy groups -OCH3 is 1. The van der Waals surface area contributed by atoms with E-state index in [1.54, 1.807) is 7.11 Å². The van der Waals surface area contributed by atoms with Gasteiger partial charge >= 0.3 is 0 Å². The highest BCUT2D eigenvalue weighted by Crippen LogP contribution is 2.23. The number of benzene rings is 1. The number of rotatable bonds is 4. The average Bonchev–Trinajstić information content (AvgIpc) is 2.26. The summed E-state index contributed by atoms with van der Waals surface area (Å²) in [5.74, 6) is 0.601. The number of hydrogen-bond acceptors (Lipinski definition) is 2. The van der Waals surface area contributed by atoms with Crippen LogP contribution in [0.4, 0.5) is 0 Å². The van der Waals surface area contributed by atoms with Crippen molar-refractivity contribution < 1.29 is 9.53 Å². The summed E-state index contributed by atoms with van der Waals surface area (Å²) in [4.78, 5) is 11.1. The van der Waals surface area contributed by atoms with Gasteiger partial charge in [-0.2, -0.15) is 0 Å². The molecule has 0 heterocycles. The summed E-state index contributed by atoms with van der Waals surface area (Å²) < 4.78 is 5.29. The molecule has 0 aromatic heterocycles. The summed E-state index contributed by atoms with van der Waals surface area (Å²) in [5, 5.41) is 2.73. The molecule has 0 radical (unpaired) electrons. The van der Waals surface area contributed by atoms with Crippen molar-refractivity contribution in [1.29, 1.82) is 0 Å². The molecule has 1 rings (SSSR count). The fourth-order valence-electron chi connectivity index (χ4n) is 1.60. The van der Waals surface area contributed by atoms with Gasteiger partial charge in [0.05, 0.1) is 7.11 Å². The van der Waals surface area contributed by atoms with Gasteiger partial charge in [0.2, 0.25) is 5.91 Å². The van der Waals surface area contributed by atoms with Gasteiger partial charge in [0.1, 0.15) is 11.6 Å². The lowest BCUT2D eigenvalue weighted by Gasteiger charge is -2.13.